The van der Waals surface area contributed by atoms with E-state index in [1.54, 1.807) is 20.0 Å². The predicted molar refractivity (Wildman–Crippen MR) is 72.6 cm³/mol. The number of methoxy groups -OCH3 is 2. The molecule has 106 valence electrons. The summed E-state index contributed by atoms with van der Waals surface area (Å²) in [6.45, 7) is 1.63. The van der Waals surface area contributed by atoms with Gasteiger partial charge in [-0.25, -0.2) is 0 Å². The van der Waals surface area contributed by atoms with Crippen LogP contribution in [0.5, 0.6) is 11.5 Å². The lowest BCUT2D eigenvalue weighted by Gasteiger charge is -2.24. The number of rotatable bonds is 5. The van der Waals surface area contributed by atoms with Crippen LogP contribution in [0.25, 0.3) is 0 Å². The number of nitrogen functional groups attached to an aromatic ring is 1. The minimum Gasteiger partial charge on any atom is -0.493 e. The normalized spacial score (nSPS) is 11.8. The zero-order chi connectivity index (χ0) is 14.6. The maximum absolute atomic E-state index is 12.3. The van der Waals surface area contributed by atoms with Crippen LogP contribution in [-0.2, 0) is 0 Å². The Kier molecular flexibility index (Phi) is 5.00. The van der Waals surface area contributed by atoms with Gasteiger partial charge in [-0.05, 0) is 13.0 Å². The first-order valence-corrected chi connectivity index (χ1v) is 5.85. The molecule has 3 N–H and O–H groups in total. The molecule has 0 spiro atoms. The zero-order valence-electron chi connectivity index (χ0n) is 11.6. The molecule has 0 fully saturated rings. The molecule has 0 radical (unpaired) electrons. The van der Waals surface area contributed by atoms with E-state index in [1.807, 2.05) is 0 Å². The van der Waals surface area contributed by atoms with E-state index in [1.165, 1.54) is 25.2 Å². The summed E-state index contributed by atoms with van der Waals surface area (Å²) in [6, 6.07) is 2.79. The molecule has 0 heterocycles. The Morgan fingerprint density at radius 2 is 1.89 bits per heavy atom. The highest BCUT2D eigenvalue weighted by Gasteiger charge is 2.21. The van der Waals surface area contributed by atoms with Gasteiger partial charge in [-0.2, -0.15) is 0 Å². The number of carbonyl (C=O) groups excluding carboxylic acids is 1. The number of carbonyl (C=O) groups is 1. The average molecular weight is 268 g/mol. The number of aliphatic hydroxyl groups is 1. The van der Waals surface area contributed by atoms with Gasteiger partial charge >= 0.3 is 0 Å². The molecular formula is C13H20N2O4. The van der Waals surface area contributed by atoms with Crippen molar-refractivity contribution in [1.82, 2.24) is 4.90 Å². The number of hydrogen-bond donors (Lipinski definition) is 2. The number of hydrogen-bond acceptors (Lipinski definition) is 5. The second-order valence-electron chi connectivity index (χ2n) is 4.24. The molecular weight excluding hydrogens is 248 g/mol. The summed E-state index contributed by atoms with van der Waals surface area (Å²) in [5, 5.41) is 9.08. The zero-order valence-corrected chi connectivity index (χ0v) is 11.6. The van der Waals surface area contributed by atoms with Crippen molar-refractivity contribution in [1.29, 1.82) is 0 Å². The van der Waals surface area contributed by atoms with E-state index in [0.717, 1.165) is 0 Å². The number of anilines is 1. The molecule has 6 heteroatoms. The van der Waals surface area contributed by atoms with E-state index in [-0.39, 0.29) is 18.6 Å². The Balaban J connectivity index is 3.16. The number of likely N-dealkylation sites (N-methyl/N-ethyl adjacent to an activating group) is 1. The molecule has 19 heavy (non-hydrogen) atoms. The van der Waals surface area contributed by atoms with Crippen molar-refractivity contribution in [3.05, 3.63) is 17.7 Å². The maximum Gasteiger partial charge on any atom is 0.256 e. The van der Waals surface area contributed by atoms with Crippen molar-refractivity contribution in [3.63, 3.8) is 0 Å². The number of nitrogens with zero attached hydrogens (tertiary/aromatic N) is 1. The van der Waals surface area contributed by atoms with Crippen LogP contribution in [-0.4, -0.2) is 49.8 Å². The summed E-state index contributed by atoms with van der Waals surface area (Å²) in [6.07, 6.45) is 0. The van der Waals surface area contributed by atoms with Gasteiger partial charge < -0.3 is 25.2 Å². The minimum atomic E-state index is -0.292. The smallest absolute Gasteiger partial charge is 0.256 e. The molecule has 0 aliphatic rings. The number of nitrogens with two attached hydrogens (primary N) is 1. The standard InChI is InChI=1S/C13H20N2O4/c1-8(7-16)15(2)13(17)9-5-11(18-3)12(19-4)6-10(9)14/h5-6,8,16H,7,14H2,1-4H3. The number of ether oxygens (including phenoxy) is 2. The van der Waals surface area contributed by atoms with Gasteiger partial charge in [0.1, 0.15) is 0 Å². The first-order chi connectivity index (χ1) is 8.96. The number of amides is 1. The molecule has 0 saturated carbocycles. The van der Waals surface area contributed by atoms with Gasteiger partial charge in [0.2, 0.25) is 0 Å². The summed E-state index contributed by atoms with van der Waals surface area (Å²) in [4.78, 5) is 13.7. The van der Waals surface area contributed by atoms with Crippen molar-refractivity contribution >= 4 is 11.6 Å². The maximum atomic E-state index is 12.3. The van der Waals surface area contributed by atoms with Gasteiger partial charge in [0, 0.05) is 18.8 Å². The first-order valence-electron chi connectivity index (χ1n) is 5.85. The monoisotopic (exact) mass is 268 g/mol. The van der Waals surface area contributed by atoms with Crippen LogP contribution in [0.2, 0.25) is 0 Å². The van der Waals surface area contributed by atoms with Crippen molar-refractivity contribution in [2.24, 2.45) is 0 Å². The molecule has 0 aromatic heterocycles. The van der Waals surface area contributed by atoms with Crippen LogP contribution >= 0.6 is 0 Å². The van der Waals surface area contributed by atoms with E-state index in [2.05, 4.69) is 0 Å². The summed E-state index contributed by atoms with van der Waals surface area (Å²) < 4.78 is 10.3. The molecule has 1 unspecified atom stereocenters. The quantitative estimate of drug-likeness (QED) is 0.769. The van der Waals surface area contributed by atoms with Gasteiger partial charge in [-0.1, -0.05) is 0 Å². The van der Waals surface area contributed by atoms with Gasteiger partial charge in [0.15, 0.2) is 11.5 Å². The highest BCUT2D eigenvalue weighted by molar-refractivity contribution is 6.00. The Morgan fingerprint density at radius 1 is 1.37 bits per heavy atom. The summed E-state index contributed by atoms with van der Waals surface area (Å²) in [7, 11) is 4.60. The molecule has 1 aromatic carbocycles. The van der Waals surface area contributed by atoms with Gasteiger partial charge in [0.05, 0.1) is 32.4 Å². The summed E-state index contributed by atoms with van der Waals surface area (Å²) in [5.41, 5.74) is 6.48. The molecule has 0 saturated heterocycles. The topological polar surface area (TPSA) is 85.0 Å². The lowest BCUT2D eigenvalue weighted by atomic mass is 10.1. The van der Waals surface area contributed by atoms with Crippen molar-refractivity contribution in [2.75, 3.05) is 33.6 Å². The Labute approximate surface area is 112 Å². The van der Waals surface area contributed by atoms with E-state index in [4.69, 9.17) is 20.3 Å². The van der Waals surface area contributed by atoms with Crippen molar-refractivity contribution in [2.45, 2.75) is 13.0 Å². The fraction of sp³-hybridized carbons (Fsp3) is 0.462. The molecule has 1 aromatic rings. The Hall–Kier alpha value is -1.95. The van der Waals surface area contributed by atoms with E-state index in [9.17, 15) is 4.79 Å². The molecule has 0 bridgehead atoms. The third-order valence-electron chi connectivity index (χ3n) is 3.03. The van der Waals surface area contributed by atoms with Crippen LogP contribution in [0.3, 0.4) is 0 Å². The molecule has 6 nitrogen and oxygen atoms in total. The molecule has 0 aliphatic heterocycles. The number of aliphatic hydroxyl groups excluding tert-OH is 1. The predicted octanol–water partition coefficient (Wildman–Crippen LogP) is 0.739. The lowest BCUT2D eigenvalue weighted by Crippen LogP contribution is -2.37. The molecule has 0 aliphatic carbocycles. The Morgan fingerprint density at radius 3 is 2.37 bits per heavy atom. The van der Waals surface area contributed by atoms with Crippen molar-refractivity contribution in [3.8, 4) is 11.5 Å². The number of benzene rings is 1. The SMILES string of the molecule is COc1cc(N)c(C(=O)N(C)C(C)CO)cc1OC. The van der Waals surface area contributed by atoms with Crippen molar-refractivity contribution < 1.29 is 19.4 Å². The highest BCUT2D eigenvalue weighted by Crippen LogP contribution is 2.32. The summed E-state index contributed by atoms with van der Waals surface area (Å²) >= 11 is 0. The van der Waals surface area contributed by atoms with Crippen LogP contribution in [0.4, 0.5) is 5.69 Å². The van der Waals surface area contributed by atoms with E-state index >= 15 is 0 Å². The molecule has 1 amide bonds. The van der Waals surface area contributed by atoms with Crippen LogP contribution in [0, 0.1) is 0 Å². The van der Waals surface area contributed by atoms with Gasteiger partial charge in [0.25, 0.3) is 5.91 Å². The highest BCUT2D eigenvalue weighted by atomic mass is 16.5. The first kappa shape index (κ1) is 15.1. The van der Waals surface area contributed by atoms with Crippen LogP contribution in [0.1, 0.15) is 17.3 Å². The molecule has 1 atom stereocenters. The second kappa shape index (κ2) is 6.29. The molecule has 1 rings (SSSR count). The minimum absolute atomic E-state index is 0.116. The van der Waals surface area contributed by atoms with Crippen LogP contribution in [0.15, 0.2) is 12.1 Å². The van der Waals surface area contributed by atoms with Crippen LogP contribution < -0.4 is 15.2 Å². The second-order valence-corrected chi connectivity index (χ2v) is 4.24. The summed E-state index contributed by atoms with van der Waals surface area (Å²) in [5.74, 6) is 0.625. The lowest BCUT2D eigenvalue weighted by molar-refractivity contribution is 0.0683. The Bertz CT molecular complexity index is 462. The van der Waals surface area contributed by atoms with E-state index < -0.39 is 0 Å². The third-order valence-corrected chi connectivity index (χ3v) is 3.03. The fourth-order valence-corrected chi connectivity index (χ4v) is 1.59. The third kappa shape index (κ3) is 3.08. The average Bonchev–Trinajstić information content (AvgIpc) is 2.44. The van der Waals surface area contributed by atoms with Gasteiger partial charge in [-0.15, -0.1) is 0 Å². The largest absolute Gasteiger partial charge is 0.493 e. The van der Waals surface area contributed by atoms with Gasteiger partial charge in [-0.3, -0.25) is 4.79 Å². The van der Waals surface area contributed by atoms with E-state index in [0.29, 0.717) is 22.7 Å². The fourth-order valence-electron chi connectivity index (χ4n) is 1.59.